The van der Waals surface area contributed by atoms with E-state index < -0.39 is 35.5 Å². The summed E-state index contributed by atoms with van der Waals surface area (Å²) in [6.45, 7) is -0.185. The molecule has 2 aliphatic heterocycles. The van der Waals surface area contributed by atoms with Crippen molar-refractivity contribution in [1.82, 2.24) is 14.7 Å². The van der Waals surface area contributed by atoms with Crippen LogP contribution in [-0.2, 0) is 28.8 Å². The summed E-state index contributed by atoms with van der Waals surface area (Å²) >= 11 is 0. The van der Waals surface area contributed by atoms with Crippen LogP contribution in [0.2, 0.25) is 0 Å². The van der Waals surface area contributed by atoms with Crippen molar-refractivity contribution in [2.45, 2.75) is 12.8 Å². The maximum Gasteiger partial charge on any atom is 0.303 e. The molecule has 0 fully saturated rings. The first-order chi connectivity index (χ1) is 12.3. The van der Waals surface area contributed by atoms with Crippen LogP contribution in [0.5, 0.6) is 0 Å². The van der Waals surface area contributed by atoms with Crippen LogP contribution in [0.3, 0.4) is 0 Å². The summed E-state index contributed by atoms with van der Waals surface area (Å²) in [6.07, 6.45) is 3.83. The van der Waals surface area contributed by atoms with E-state index in [2.05, 4.69) is 0 Å². The summed E-state index contributed by atoms with van der Waals surface area (Å²) in [5.74, 6) is -3.64. The second-order valence-corrected chi connectivity index (χ2v) is 5.60. The molecule has 0 saturated heterocycles. The molecule has 2 aliphatic rings. The molecule has 2 heterocycles. The first-order valence-corrected chi connectivity index (χ1v) is 7.86. The first kappa shape index (κ1) is 19.0. The highest BCUT2D eigenvalue weighted by molar-refractivity contribution is 6.13. The largest absolute Gasteiger partial charge is 0.481 e. The average molecular weight is 363 g/mol. The lowest BCUT2D eigenvalue weighted by atomic mass is 10.2. The minimum Gasteiger partial charge on any atom is -0.481 e. The minimum absolute atomic E-state index is 0.0265. The van der Waals surface area contributed by atoms with Crippen LogP contribution in [0.4, 0.5) is 0 Å². The van der Waals surface area contributed by atoms with Crippen LogP contribution >= 0.6 is 0 Å². The minimum atomic E-state index is -1.14. The molecular formula is C16H17N3O7. The zero-order valence-corrected chi connectivity index (χ0v) is 13.8. The Morgan fingerprint density at radius 1 is 0.769 bits per heavy atom. The topological polar surface area (TPSA) is 132 Å². The van der Waals surface area contributed by atoms with Crippen molar-refractivity contribution < 1.29 is 33.9 Å². The molecule has 1 N–H and O–H groups in total. The van der Waals surface area contributed by atoms with Gasteiger partial charge in [-0.05, 0) is 0 Å². The van der Waals surface area contributed by atoms with Crippen molar-refractivity contribution in [3.05, 3.63) is 24.3 Å². The predicted octanol–water partition coefficient (Wildman–Crippen LogP) is -1.47. The van der Waals surface area contributed by atoms with Crippen LogP contribution in [0.15, 0.2) is 24.3 Å². The van der Waals surface area contributed by atoms with Gasteiger partial charge in [0, 0.05) is 56.9 Å². The Balaban J connectivity index is 1.96. The van der Waals surface area contributed by atoms with Gasteiger partial charge in [0.05, 0.1) is 6.42 Å². The molecular weight excluding hydrogens is 346 g/mol. The zero-order chi connectivity index (χ0) is 19.3. The van der Waals surface area contributed by atoms with Gasteiger partial charge in [-0.2, -0.15) is 0 Å². The second-order valence-electron chi connectivity index (χ2n) is 5.60. The molecule has 0 aromatic carbocycles. The van der Waals surface area contributed by atoms with Gasteiger partial charge in [0.2, 0.25) is 5.91 Å². The van der Waals surface area contributed by atoms with E-state index >= 15 is 0 Å². The van der Waals surface area contributed by atoms with Crippen LogP contribution in [0.25, 0.3) is 0 Å². The van der Waals surface area contributed by atoms with E-state index in [-0.39, 0.29) is 39.0 Å². The summed E-state index contributed by atoms with van der Waals surface area (Å²) in [4.78, 5) is 72.3. The molecule has 0 aromatic heterocycles. The van der Waals surface area contributed by atoms with Crippen LogP contribution in [0, 0.1) is 0 Å². The molecule has 0 saturated carbocycles. The third kappa shape index (κ3) is 4.62. The summed E-state index contributed by atoms with van der Waals surface area (Å²) in [5.41, 5.74) is 0. The maximum atomic E-state index is 12.2. The Morgan fingerprint density at radius 2 is 1.15 bits per heavy atom. The van der Waals surface area contributed by atoms with Crippen LogP contribution in [0.1, 0.15) is 12.8 Å². The average Bonchev–Trinajstić information content (AvgIpc) is 3.08. The number of carboxylic acids is 1. The predicted molar refractivity (Wildman–Crippen MR) is 85.2 cm³/mol. The van der Waals surface area contributed by atoms with Gasteiger partial charge < -0.3 is 10.0 Å². The molecule has 0 atom stereocenters. The number of hydrogen-bond donors (Lipinski definition) is 1. The molecule has 10 heteroatoms. The monoisotopic (exact) mass is 363 g/mol. The molecule has 138 valence electrons. The van der Waals surface area contributed by atoms with Crippen molar-refractivity contribution in [2.24, 2.45) is 0 Å². The van der Waals surface area contributed by atoms with E-state index in [1.807, 2.05) is 0 Å². The van der Waals surface area contributed by atoms with E-state index in [9.17, 15) is 28.8 Å². The Hall–Kier alpha value is -3.30. The van der Waals surface area contributed by atoms with Crippen molar-refractivity contribution in [3.63, 3.8) is 0 Å². The molecule has 5 amide bonds. The summed E-state index contributed by atoms with van der Waals surface area (Å²) in [7, 11) is 0. The number of aliphatic carboxylic acids is 1. The maximum absolute atomic E-state index is 12.2. The number of imide groups is 2. The zero-order valence-electron chi connectivity index (χ0n) is 13.8. The molecule has 2 rings (SSSR count). The Kier molecular flexibility index (Phi) is 5.99. The van der Waals surface area contributed by atoms with Gasteiger partial charge in [0.15, 0.2) is 0 Å². The Morgan fingerprint density at radius 3 is 1.50 bits per heavy atom. The standard InChI is InChI=1S/C16H17N3O7/c20-11(5-6-16(25)26)17(7-9-18-12(21)1-2-13(18)22)8-10-19-14(23)3-4-15(19)24/h1-4H,5-10H2,(H,25,26). The molecule has 10 nitrogen and oxygen atoms in total. The number of amides is 5. The summed E-state index contributed by atoms with van der Waals surface area (Å²) in [5, 5.41) is 8.71. The molecule has 0 aliphatic carbocycles. The second kappa shape index (κ2) is 8.19. The van der Waals surface area contributed by atoms with Crippen molar-refractivity contribution in [3.8, 4) is 0 Å². The van der Waals surface area contributed by atoms with Crippen molar-refractivity contribution in [2.75, 3.05) is 26.2 Å². The van der Waals surface area contributed by atoms with Gasteiger partial charge in [-0.1, -0.05) is 0 Å². The number of hydrogen-bond acceptors (Lipinski definition) is 6. The van der Waals surface area contributed by atoms with Crippen LogP contribution < -0.4 is 0 Å². The van der Waals surface area contributed by atoms with E-state index in [1.165, 1.54) is 4.90 Å². The van der Waals surface area contributed by atoms with Gasteiger partial charge in [0.25, 0.3) is 23.6 Å². The fourth-order valence-electron chi connectivity index (χ4n) is 2.48. The third-order valence-corrected chi connectivity index (χ3v) is 3.89. The Labute approximate surface area is 148 Å². The lowest BCUT2D eigenvalue weighted by Crippen LogP contribution is -2.45. The third-order valence-electron chi connectivity index (χ3n) is 3.89. The number of nitrogens with zero attached hydrogens (tertiary/aromatic N) is 3. The normalized spacial score (nSPS) is 16.2. The van der Waals surface area contributed by atoms with E-state index in [0.29, 0.717) is 0 Å². The van der Waals surface area contributed by atoms with Gasteiger partial charge in [-0.15, -0.1) is 0 Å². The van der Waals surface area contributed by atoms with Gasteiger partial charge in [0.1, 0.15) is 0 Å². The molecule has 0 bridgehead atoms. The van der Waals surface area contributed by atoms with Crippen molar-refractivity contribution >= 4 is 35.5 Å². The highest BCUT2D eigenvalue weighted by atomic mass is 16.4. The lowest BCUT2D eigenvalue weighted by Gasteiger charge is -2.26. The van der Waals surface area contributed by atoms with Gasteiger partial charge in [-0.3, -0.25) is 38.6 Å². The number of carbonyl (C=O) groups excluding carboxylic acids is 5. The summed E-state index contributed by atoms with van der Waals surface area (Å²) in [6, 6.07) is 0. The molecule has 0 radical (unpaired) electrons. The van der Waals surface area contributed by atoms with Crippen molar-refractivity contribution in [1.29, 1.82) is 0 Å². The fourth-order valence-corrected chi connectivity index (χ4v) is 2.48. The Bertz CT molecular complexity index is 643. The molecule has 26 heavy (non-hydrogen) atoms. The summed E-state index contributed by atoms with van der Waals surface area (Å²) < 4.78 is 0. The molecule has 0 spiro atoms. The van der Waals surface area contributed by atoms with Gasteiger partial charge in [-0.25, -0.2) is 0 Å². The van der Waals surface area contributed by atoms with Gasteiger partial charge >= 0.3 is 5.97 Å². The molecule has 0 unspecified atom stereocenters. The number of rotatable bonds is 9. The lowest BCUT2D eigenvalue weighted by molar-refractivity contribution is -0.142. The highest BCUT2D eigenvalue weighted by Crippen LogP contribution is 2.07. The van der Waals surface area contributed by atoms with Crippen LogP contribution in [-0.4, -0.2) is 81.5 Å². The quantitative estimate of drug-likeness (QED) is 0.495. The molecule has 0 aromatic rings. The number of carbonyl (C=O) groups is 6. The first-order valence-electron chi connectivity index (χ1n) is 7.86. The van der Waals surface area contributed by atoms with E-state index in [4.69, 9.17) is 5.11 Å². The number of carboxylic acid groups (broad SMARTS) is 1. The fraction of sp³-hybridized carbons (Fsp3) is 0.375. The smallest absolute Gasteiger partial charge is 0.303 e. The SMILES string of the molecule is O=C(O)CCC(=O)N(CCN1C(=O)C=CC1=O)CCN1C(=O)C=CC1=O. The highest BCUT2D eigenvalue weighted by Gasteiger charge is 2.27. The van der Waals surface area contributed by atoms with E-state index in [0.717, 1.165) is 34.1 Å². The van der Waals surface area contributed by atoms with E-state index in [1.54, 1.807) is 0 Å².